The maximum Gasteiger partial charge on any atom is 0.432 e. The van der Waals surface area contributed by atoms with E-state index in [9.17, 15) is 21.6 Å². The average Bonchev–Trinajstić information content (AvgIpc) is 2.71. The molecule has 1 heterocycles. The molecule has 10 heteroatoms. The lowest BCUT2D eigenvalue weighted by Gasteiger charge is -1.99. The van der Waals surface area contributed by atoms with Crippen LogP contribution in [0.15, 0.2) is 12.5 Å². The molecule has 0 saturated carbocycles. The quantitative estimate of drug-likeness (QED) is 0.858. The van der Waals surface area contributed by atoms with Gasteiger partial charge in [0.15, 0.2) is 0 Å². The molecule has 0 aliphatic rings. The van der Waals surface area contributed by atoms with Gasteiger partial charge in [-0.1, -0.05) is 0 Å². The first kappa shape index (κ1) is 14.9. The second-order valence-electron chi connectivity index (χ2n) is 2.20. The zero-order valence-corrected chi connectivity index (χ0v) is 9.09. The third-order valence-corrected chi connectivity index (χ3v) is 2.03. The minimum Gasteiger partial charge on any atom is -0.341 e. The van der Waals surface area contributed by atoms with Crippen molar-refractivity contribution in [3.05, 3.63) is 18.2 Å². The van der Waals surface area contributed by atoms with Gasteiger partial charge in [0.2, 0.25) is 0 Å². The van der Waals surface area contributed by atoms with Crippen LogP contribution in [0.25, 0.3) is 0 Å². The summed E-state index contributed by atoms with van der Waals surface area (Å²) in [6.45, 7) is 0. The molecule has 94 valence electrons. The van der Waals surface area contributed by atoms with Crippen molar-refractivity contribution in [3.8, 4) is 0 Å². The molecule has 0 saturated heterocycles. The van der Waals surface area contributed by atoms with E-state index in [1.54, 1.807) is 0 Å². The molecule has 0 aromatic carbocycles. The van der Waals surface area contributed by atoms with Gasteiger partial charge >= 0.3 is 16.6 Å². The number of aromatic nitrogens is 2. The summed E-state index contributed by atoms with van der Waals surface area (Å²) in [7, 11) is -1.60. The fourth-order valence-electron chi connectivity index (χ4n) is 0.479. The lowest BCUT2D eigenvalue weighted by atomic mass is 10.5. The Morgan fingerprint density at radius 2 is 1.81 bits per heavy atom. The molecule has 0 aliphatic carbocycles. The maximum absolute atomic E-state index is 11.5. The topological polar surface area (TPSA) is 81.3 Å². The first-order chi connectivity index (χ1) is 7.23. The van der Waals surface area contributed by atoms with Gasteiger partial charge in [-0.2, -0.15) is 21.6 Å². The van der Waals surface area contributed by atoms with Crippen molar-refractivity contribution in [2.24, 2.45) is 0 Å². The van der Waals surface area contributed by atoms with Crippen LogP contribution >= 0.6 is 0 Å². The van der Waals surface area contributed by atoms with Gasteiger partial charge < -0.3 is 4.98 Å². The Kier molecular flexibility index (Phi) is 5.41. The number of imidazole rings is 1. The molecule has 16 heavy (non-hydrogen) atoms. The number of halogens is 3. The van der Waals surface area contributed by atoms with E-state index >= 15 is 0 Å². The molecule has 6 nitrogen and oxygen atoms in total. The number of nitrogens with one attached hydrogen (secondary N) is 1. The molecule has 0 atom stereocenters. The van der Waals surface area contributed by atoms with E-state index in [4.69, 9.17) is 0 Å². The molecule has 0 bridgehead atoms. The van der Waals surface area contributed by atoms with Gasteiger partial charge in [0.05, 0.1) is 26.7 Å². The van der Waals surface area contributed by atoms with Crippen molar-refractivity contribution >= 4 is 10.4 Å². The zero-order valence-electron chi connectivity index (χ0n) is 8.28. The van der Waals surface area contributed by atoms with E-state index < -0.39 is 22.3 Å². The van der Waals surface area contributed by atoms with Gasteiger partial charge in [0.1, 0.15) is 5.69 Å². The van der Waals surface area contributed by atoms with E-state index in [2.05, 4.69) is 13.4 Å². The number of rotatable bonds is 2. The fraction of sp³-hybridized carbons (Fsp3) is 0.500. The second kappa shape index (κ2) is 5.82. The van der Waals surface area contributed by atoms with Crippen molar-refractivity contribution in [2.45, 2.75) is 6.18 Å². The Labute approximate surface area is 89.7 Å². The average molecular weight is 262 g/mol. The van der Waals surface area contributed by atoms with E-state index in [1.807, 2.05) is 4.98 Å². The number of hydrogen-bond acceptors (Lipinski definition) is 5. The lowest BCUT2D eigenvalue weighted by molar-refractivity contribution is -0.140. The first-order valence-electron chi connectivity index (χ1n) is 3.64. The van der Waals surface area contributed by atoms with E-state index in [0.29, 0.717) is 0 Å². The summed E-state index contributed by atoms with van der Waals surface area (Å²) in [6.07, 6.45) is -2.57. The normalized spacial score (nSPS) is 11.8. The molecule has 0 amide bonds. The number of aromatic amines is 1. The first-order valence-corrected chi connectivity index (χ1v) is 4.98. The molecule has 0 radical (unpaired) electrons. The minimum absolute atomic E-state index is 0.736. The largest absolute Gasteiger partial charge is 0.432 e. The van der Waals surface area contributed by atoms with Gasteiger partial charge in [-0.3, -0.25) is 8.37 Å². The number of hydrogen-bond donors (Lipinski definition) is 1. The number of H-pyrrole nitrogens is 1. The Morgan fingerprint density at radius 3 is 1.94 bits per heavy atom. The summed E-state index contributed by atoms with van der Waals surface area (Å²) in [5, 5.41) is 0. The summed E-state index contributed by atoms with van der Waals surface area (Å²) in [4.78, 5) is 5.15. The van der Waals surface area contributed by atoms with Crippen LogP contribution in [0.1, 0.15) is 5.69 Å². The van der Waals surface area contributed by atoms with Crippen molar-refractivity contribution in [2.75, 3.05) is 14.2 Å². The van der Waals surface area contributed by atoms with Gasteiger partial charge in [-0.25, -0.2) is 4.98 Å². The number of nitrogens with zero attached hydrogens (tertiary/aromatic N) is 1. The third-order valence-electron chi connectivity index (χ3n) is 1.21. The Hall–Kier alpha value is -1.13. The zero-order chi connectivity index (χ0) is 12.8. The highest BCUT2D eigenvalue weighted by Gasteiger charge is 2.31. The van der Waals surface area contributed by atoms with Gasteiger partial charge in [0, 0.05) is 0 Å². The molecule has 1 rings (SSSR count). The van der Waals surface area contributed by atoms with Crippen LogP contribution in [0, 0.1) is 0 Å². The molecule has 1 aromatic heterocycles. The second-order valence-corrected chi connectivity index (χ2v) is 3.69. The molecular weight excluding hydrogens is 253 g/mol. The van der Waals surface area contributed by atoms with E-state index in [-0.39, 0.29) is 0 Å². The molecule has 0 aliphatic heterocycles. The summed E-state index contributed by atoms with van der Waals surface area (Å²) in [6, 6.07) is 0. The van der Waals surface area contributed by atoms with Crippen molar-refractivity contribution in [1.82, 2.24) is 9.97 Å². The van der Waals surface area contributed by atoms with Crippen LogP contribution in [0.4, 0.5) is 13.2 Å². The van der Waals surface area contributed by atoms with Crippen LogP contribution in [0.2, 0.25) is 0 Å². The van der Waals surface area contributed by atoms with Gasteiger partial charge in [0.25, 0.3) is 0 Å². The minimum atomic E-state index is -4.30. The maximum atomic E-state index is 11.5. The van der Waals surface area contributed by atoms with Crippen molar-refractivity contribution in [3.63, 3.8) is 0 Å². The standard InChI is InChI=1S/C4H3F3N2.C2H6O4S/c5-4(6,7)3-1-8-2-9-3;1-5-7(3,4)6-2/h1-2H,(H,8,9);1-2H3. The van der Waals surface area contributed by atoms with Crippen LogP contribution < -0.4 is 0 Å². The highest BCUT2D eigenvalue weighted by atomic mass is 32.3. The summed E-state index contributed by atoms with van der Waals surface area (Å²) in [5.41, 5.74) is -0.817. The third kappa shape index (κ3) is 5.68. The molecule has 0 spiro atoms. The Bertz CT molecular complexity index is 376. The molecule has 1 aromatic rings. The SMILES string of the molecule is COS(=O)(=O)OC.FC(F)(F)c1cnc[nH]1. The molecule has 0 unspecified atom stereocenters. The van der Waals surface area contributed by atoms with Crippen molar-refractivity contribution in [1.29, 1.82) is 0 Å². The van der Waals surface area contributed by atoms with Crippen LogP contribution in [0.3, 0.4) is 0 Å². The predicted octanol–water partition coefficient (Wildman–Crippen LogP) is 0.952. The molecule has 0 fully saturated rings. The lowest BCUT2D eigenvalue weighted by Crippen LogP contribution is -2.04. The van der Waals surface area contributed by atoms with Crippen LogP contribution in [0.5, 0.6) is 0 Å². The summed E-state index contributed by atoms with van der Waals surface area (Å²) < 4.78 is 62.2. The highest BCUT2D eigenvalue weighted by Crippen LogP contribution is 2.26. The monoisotopic (exact) mass is 262 g/mol. The van der Waals surface area contributed by atoms with Gasteiger partial charge in [-0.15, -0.1) is 0 Å². The predicted molar refractivity (Wildman–Crippen MR) is 46.5 cm³/mol. The fourth-order valence-corrected chi connectivity index (χ4v) is 0.615. The van der Waals surface area contributed by atoms with Crippen molar-refractivity contribution < 1.29 is 30.0 Å². The molecule has 1 N–H and O–H groups in total. The smallest absolute Gasteiger partial charge is 0.341 e. The van der Waals surface area contributed by atoms with Gasteiger partial charge in [-0.05, 0) is 0 Å². The summed E-state index contributed by atoms with van der Waals surface area (Å²) >= 11 is 0. The Morgan fingerprint density at radius 1 is 1.31 bits per heavy atom. The number of alkyl halides is 3. The molecular formula is C6H9F3N2O4S. The Balaban J connectivity index is 0.000000293. The van der Waals surface area contributed by atoms with E-state index in [1.165, 1.54) is 0 Å². The highest BCUT2D eigenvalue weighted by molar-refractivity contribution is 7.81. The van der Waals surface area contributed by atoms with E-state index in [0.717, 1.165) is 26.7 Å². The van der Waals surface area contributed by atoms with Crippen LogP contribution in [-0.2, 0) is 24.9 Å². The van der Waals surface area contributed by atoms with Crippen LogP contribution in [-0.4, -0.2) is 32.6 Å². The summed E-state index contributed by atoms with van der Waals surface area (Å²) in [5.74, 6) is 0.